The lowest BCUT2D eigenvalue weighted by molar-refractivity contribution is 0.775. The van der Waals surface area contributed by atoms with Crippen LogP contribution in [0.15, 0.2) is 64.5 Å². The van der Waals surface area contributed by atoms with Gasteiger partial charge in [0.2, 0.25) is 0 Å². The van der Waals surface area contributed by atoms with Gasteiger partial charge in [0.05, 0.1) is 23.7 Å². The zero-order valence-corrected chi connectivity index (χ0v) is 9.98. The SMILES string of the molecule is CC1=CC=C(C2=CN=C3C=CC=CC3N2)CC1. The van der Waals surface area contributed by atoms with Gasteiger partial charge in [0.25, 0.3) is 0 Å². The van der Waals surface area contributed by atoms with E-state index in [1.807, 2.05) is 12.3 Å². The maximum absolute atomic E-state index is 4.52. The van der Waals surface area contributed by atoms with Crippen molar-refractivity contribution in [3.8, 4) is 0 Å². The third kappa shape index (κ3) is 2.03. The maximum Gasteiger partial charge on any atom is 0.0873 e. The number of allylic oxidation sites excluding steroid dienone is 6. The molecule has 2 heteroatoms. The molecule has 0 spiro atoms. The predicted molar refractivity (Wildman–Crippen MR) is 71.8 cm³/mol. The summed E-state index contributed by atoms with van der Waals surface area (Å²) in [6.45, 7) is 2.18. The van der Waals surface area contributed by atoms with Gasteiger partial charge in [0.15, 0.2) is 0 Å². The summed E-state index contributed by atoms with van der Waals surface area (Å²) in [6, 6.07) is 0.243. The Kier molecular flexibility index (Phi) is 2.56. The fourth-order valence-electron chi connectivity index (χ4n) is 2.26. The van der Waals surface area contributed by atoms with Gasteiger partial charge in [-0.2, -0.15) is 0 Å². The first kappa shape index (κ1) is 10.3. The highest BCUT2D eigenvalue weighted by atomic mass is 15.0. The van der Waals surface area contributed by atoms with Crippen LogP contribution in [0.4, 0.5) is 0 Å². The molecule has 0 amide bonds. The summed E-state index contributed by atoms with van der Waals surface area (Å²) in [5.41, 5.74) is 5.08. The molecule has 1 unspecified atom stereocenters. The van der Waals surface area contributed by atoms with Gasteiger partial charge in [-0.3, -0.25) is 4.99 Å². The van der Waals surface area contributed by atoms with Crippen LogP contribution in [-0.4, -0.2) is 11.8 Å². The Balaban J connectivity index is 1.87. The molecular weight excluding hydrogens is 208 g/mol. The van der Waals surface area contributed by atoms with E-state index < -0.39 is 0 Å². The van der Waals surface area contributed by atoms with Crippen LogP contribution < -0.4 is 5.32 Å². The molecule has 0 aromatic rings. The third-order valence-electron chi connectivity index (χ3n) is 3.36. The van der Waals surface area contributed by atoms with Crippen molar-refractivity contribution in [2.75, 3.05) is 0 Å². The number of fused-ring (bicyclic) bond motifs is 1. The van der Waals surface area contributed by atoms with E-state index >= 15 is 0 Å². The minimum atomic E-state index is 0.243. The van der Waals surface area contributed by atoms with Crippen LogP contribution >= 0.6 is 0 Å². The second kappa shape index (κ2) is 4.21. The zero-order valence-electron chi connectivity index (χ0n) is 9.98. The lowest BCUT2D eigenvalue weighted by Gasteiger charge is -2.26. The Morgan fingerprint density at radius 2 is 2.18 bits per heavy atom. The molecule has 1 atom stereocenters. The Hall–Kier alpha value is -1.83. The largest absolute Gasteiger partial charge is 0.372 e. The van der Waals surface area contributed by atoms with Crippen molar-refractivity contribution in [2.45, 2.75) is 25.8 Å². The maximum atomic E-state index is 4.52. The van der Waals surface area contributed by atoms with Crippen molar-refractivity contribution in [1.82, 2.24) is 5.32 Å². The average Bonchev–Trinajstić information content (AvgIpc) is 2.39. The van der Waals surface area contributed by atoms with Crippen molar-refractivity contribution < 1.29 is 0 Å². The van der Waals surface area contributed by atoms with Crippen molar-refractivity contribution in [2.24, 2.45) is 4.99 Å². The summed E-state index contributed by atoms with van der Waals surface area (Å²) in [5.74, 6) is 0. The van der Waals surface area contributed by atoms with Crippen LogP contribution in [-0.2, 0) is 0 Å². The number of nitrogens with one attached hydrogen (secondary N) is 1. The second-order valence-electron chi connectivity index (χ2n) is 4.67. The van der Waals surface area contributed by atoms with Crippen LogP contribution in [0.25, 0.3) is 0 Å². The molecule has 1 aliphatic heterocycles. The Morgan fingerprint density at radius 1 is 1.24 bits per heavy atom. The second-order valence-corrected chi connectivity index (χ2v) is 4.67. The van der Waals surface area contributed by atoms with Gasteiger partial charge in [-0.25, -0.2) is 0 Å². The predicted octanol–water partition coefficient (Wildman–Crippen LogP) is 3.03. The molecule has 0 fully saturated rings. The van der Waals surface area contributed by atoms with E-state index in [9.17, 15) is 0 Å². The molecule has 0 radical (unpaired) electrons. The minimum Gasteiger partial charge on any atom is -0.372 e. The first-order chi connectivity index (χ1) is 8.33. The smallest absolute Gasteiger partial charge is 0.0873 e. The van der Waals surface area contributed by atoms with E-state index in [1.54, 1.807) is 0 Å². The number of hydrogen-bond donors (Lipinski definition) is 1. The number of rotatable bonds is 1. The first-order valence-corrected chi connectivity index (χ1v) is 6.09. The van der Waals surface area contributed by atoms with Gasteiger partial charge in [-0.15, -0.1) is 0 Å². The Morgan fingerprint density at radius 3 is 3.00 bits per heavy atom. The Labute approximate surface area is 102 Å². The molecule has 0 bridgehead atoms. The topological polar surface area (TPSA) is 24.4 Å². The molecule has 2 aliphatic carbocycles. The van der Waals surface area contributed by atoms with Crippen molar-refractivity contribution in [3.63, 3.8) is 0 Å². The molecule has 17 heavy (non-hydrogen) atoms. The van der Waals surface area contributed by atoms with Crippen LogP contribution in [0.3, 0.4) is 0 Å². The standard InChI is InChI=1S/C15H16N2/c1-11-6-8-12(9-7-11)15-10-16-13-4-2-3-5-14(13)17-15/h2-6,8,10,14,17H,7,9H2,1H3. The molecule has 0 saturated carbocycles. The summed E-state index contributed by atoms with van der Waals surface area (Å²) in [5, 5.41) is 3.53. The molecule has 1 N–H and O–H groups in total. The summed E-state index contributed by atoms with van der Waals surface area (Å²) >= 11 is 0. The molecule has 3 rings (SSSR count). The normalized spacial score (nSPS) is 26.3. The van der Waals surface area contributed by atoms with Crippen molar-refractivity contribution >= 4 is 5.71 Å². The van der Waals surface area contributed by atoms with Gasteiger partial charge in [-0.1, -0.05) is 36.0 Å². The lowest BCUT2D eigenvalue weighted by Crippen LogP contribution is -2.37. The van der Waals surface area contributed by atoms with Gasteiger partial charge in [-0.05, 0) is 31.4 Å². The summed E-state index contributed by atoms with van der Waals surface area (Å²) in [4.78, 5) is 4.52. The van der Waals surface area contributed by atoms with E-state index in [-0.39, 0.29) is 6.04 Å². The van der Waals surface area contributed by atoms with Crippen LogP contribution in [0.5, 0.6) is 0 Å². The van der Waals surface area contributed by atoms with Crippen molar-refractivity contribution in [3.05, 3.63) is 59.5 Å². The average molecular weight is 224 g/mol. The number of nitrogens with zero attached hydrogens (tertiary/aromatic N) is 1. The molecule has 0 aromatic carbocycles. The van der Waals surface area contributed by atoms with Gasteiger partial charge in [0.1, 0.15) is 0 Å². The van der Waals surface area contributed by atoms with E-state index in [0.717, 1.165) is 18.6 Å². The molecule has 86 valence electrons. The van der Waals surface area contributed by atoms with Crippen molar-refractivity contribution in [1.29, 1.82) is 0 Å². The Bertz CT molecular complexity index is 513. The summed E-state index contributed by atoms with van der Waals surface area (Å²) in [6.07, 6.45) is 16.9. The van der Waals surface area contributed by atoms with Crippen LogP contribution in [0, 0.1) is 0 Å². The molecule has 2 nitrogen and oxygen atoms in total. The zero-order chi connectivity index (χ0) is 11.7. The fraction of sp³-hybridized carbons (Fsp3) is 0.267. The highest BCUT2D eigenvalue weighted by Gasteiger charge is 2.19. The van der Waals surface area contributed by atoms with Gasteiger partial charge < -0.3 is 5.32 Å². The van der Waals surface area contributed by atoms with Gasteiger partial charge >= 0.3 is 0 Å². The van der Waals surface area contributed by atoms with E-state index in [2.05, 4.69) is 47.6 Å². The highest BCUT2D eigenvalue weighted by Crippen LogP contribution is 2.24. The van der Waals surface area contributed by atoms with E-state index in [1.165, 1.54) is 16.8 Å². The van der Waals surface area contributed by atoms with E-state index in [4.69, 9.17) is 0 Å². The van der Waals surface area contributed by atoms with Crippen LogP contribution in [0.1, 0.15) is 19.8 Å². The summed E-state index contributed by atoms with van der Waals surface area (Å²) in [7, 11) is 0. The molecule has 3 aliphatic rings. The summed E-state index contributed by atoms with van der Waals surface area (Å²) < 4.78 is 0. The fourth-order valence-corrected chi connectivity index (χ4v) is 2.26. The number of aliphatic imine (C=N–C) groups is 1. The van der Waals surface area contributed by atoms with Gasteiger partial charge in [0, 0.05) is 0 Å². The molecule has 0 saturated heterocycles. The monoisotopic (exact) mass is 224 g/mol. The minimum absolute atomic E-state index is 0.243. The molecule has 1 heterocycles. The lowest BCUT2D eigenvalue weighted by atomic mass is 9.95. The highest BCUT2D eigenvalue weighted by molar-refractivity contribution is 6.03. The first-order valence-electron chi connectivity index (χ1n) is 6.09. The number of hydrogen-bond acceptors (Lipinski definition) is 2. The molecule has 0 aromatic heterocycles. The third-order valence-corrected chi connectivity index (χ3v) is 3.36. The molecular formula is C15H16N2. The van der Waals surface area contributed by atoms with Crippen LogP contribution in [0.2, 0.25) is 0 Å². The van der Waals surface area contributed by atoms with E-state index in [0.29, 0.717) is 0 Å². The quantitative estimate of drug-likeness (QED) is 0.727.